The van der Waals surface area contributed by atoms with Crippen LogP contribution in [-0.2, 0) is 9.53 Å². The first kappa shape index (κ1) is 17.5. The number of nitrogens with one attached hydrogen (secondary N) is 1. The van der Waals surface area contributed by atoms with E-state index in [1.165, 1.54) is 7.11 Å². The summed E-state index contributed by atoms with van der Waals surface area (Å²) in [6, 6.07) is 4.80. The van der Waals surface area contributed by atoms with Crippen molar-refractivity contribution < 1.29 is 28.9 Å². The predicted octanol–water partition coefficient (Wildman–Crippen LogP) is 1.09. The zero-order valence-electron chi connectivity index (χ0n) is 12.3. The van der Waals surface area contributed by atoms with Crippen molar-refractivity contribution in [1.29, 1.82) is 0 Å². The van der Waals surface area contributed by atoms with Crippen LogP contribution in [0.3, 0.4) is 0 Å². The highest BCUT2D eigenvalue weighted by Crippen LogP contribution is 2.28. The Bertz CT molecular complexity index is 529. The summed E-state index contributed by atoms with van der Waals surface area (Å²) in [6.45, 7) is 3.84. The zero-order valence-corrected chi connectivity index (χ0v) is 12.3. The quantitative estimate of drug-likeness (QED) is 0.496. The number of carboxylic acids is 1. The normalized spacial score (nSPS) is 9.86. The van der Waals surface area contributed by atoms with Gasteiger partial charge in [-0.1, -0.05) is 12.7 Å². The number of ether oxygens (including phenoxy) is 3. The van der Waals surface area contributed by atoms with Crippen molar-refractivity contribution >= 4 is 11.9 Å². The van der Waals surface area contributed by atoms with E-state index >= 15 is 0 Å². The fraction of sp³-hybridized carbons (Fsp3) is 0.333. The van der Waals surface area contributed by atoms with Crippen molar-refractivity contribution in [3.05, 3.63) is 36.4 Å². The second-order valence-electron chi connectivity index (χ2n) is 4.17. The number of hydrogen-bond acceptors (Lipinski definition) is 5. The van der Waals surface area contributed by atoms with Crippen LogP contribution in [0.4, 0.5) is 0 Å². The first-order chi connectivity index (χ1) is 10.6. The summed E-state index contributed by atoms with van der Waals surface area (Å²) in [7, 11) is 1.48. The molecule has 0 aliphatic rings. The van der Waals surface area contributed by atoms with Gasteiger partial charge in [0.25, 0.3) is 5.91 Å². The number of benzene rings is 1. The Morgan fingerprint density at radius 2 is 2.14 bits per heavy atom. The van der Waals surface area contributed by atoms with E-state index in [2.05, 4.69) is 11.9 Å². The molecular formula is C15H19NO6. The number of aliphatic carboxylic acids is 1. The molecule has 7 heteroatoms. The van der Waals surface area contributed by atoms with E-state index in [4.69, 9.17) is 19.3 Å². The van der Waals surface area contributed by atoms with Crippen molar-refractivity contribution in [2.45, 2.75) is 0 Å². The molecule has 120 valence electrons. The molecule has 0 spiro atoms. The van der Waals surface area contributed by atoms with E-state index in [0.29, 0.717) is 23.7 Å². The molecule has 0 aliphatic carbocycles. The Morgan fingerprint density at radius 3 is 2.77 bits per heavy atom. The standard InChI is InChI=1S/C15H19NO6/c1-3-7-22-12-5-4-11(9-13(12)20-2)15(19)16-6-8-21-10-14(17)18/h3-5,9H,1,6-8,10H2,2H3,(H,16,19)(H,17,18). The maximum atomic E-state index is 11.9. The molecule has 0 saturated carbocycles. The second kappa shape index (κ2) is 9.41. The van der Waals surface area contributed by atoms with Crippen LogP contribution >= 0.6 is 0 Å². The van der Waals surface area contributed by atoms with Crippen molar-refractivity contribution in [2.75, 3.05) is 33.5 Å². The number of hydrogen-bond donors (Lipinski definition) is 2. The van der Waals surface area contributed by atoms with Crippen LogP contribution in [0.1, 0.15) is 10.4 Å². The van der Waals surface area contributed by atoms with E-state index in [-0.39, 0.29) is 25.7 Å². The van der Waals surface area contributed by atoms with Crippen LogP contribution < -0.4 is 14.8 Å². The summed E-state index contributed by atoms with van der Waals surface area (Å²) in [5, 5.41) is 11.0. The zero-order chi connectivity index (χ0) is 16.4. The number of carboxylic acid groups (broad SMARTS) is 1. The molecule has 0 aliphatic heterocycles. The molecule has 7 nitrogen and oxygen atoms in total. The van der Waals surface area contributed by atoms with Gasteiger partial charge < -0.3 is 24.6 Å². The molecule has 1 rings (SSSR count). The molecular weight excluding hydrogens is 290 g/mol. The van der Waals surface area contributed by atoms with Gasteiger partial charge in [0, 0.05) is 12.1 Å². The van der Waals surface area contributed by atoms with E-state index in [0.717, 1.165) is 0 Å². The highest BCUT2D eigenvalue weighted by molar-refractivity contribution is 5.94. The highest BCUT2D eigenvalue weighted by Gasteiger charge is 2.10. The average molecular weight is 309 g/mol. The number of rotatable bonds is 10. The largest absolute Gasteiger partial charge is 0.493 e. The topological polar surface area (TPSA) is 94.1 Å². The molecule has 22 heavy (non-hydrogen) atoms. The molecule has 0 radical (unpaired) electrons. The van der Waals surface area contributed by atoms with Gasteiger partial charge >= 0.3 is 5.97 Å². The van der Waals surface area contributed by atoms with Crippen LogP contribution in [0.5, 0.6) is 11.5 Å². The van der Waals surface area contributed by atoms with Crippen LogP contribution in [0, 0.1) is 0 Å². The molecule has 0 fully saturated rings. The molecule has 0 bridgehead atoms. The van der Waals surface area contributed by atoms with Crippen molar-refractivity contribution in [3.8, 4) is 11.5 Å². The van der Waals surface area contributed by atoms with Crippen LogP contribution in [0.15, 0.2) is 30.9 Å². The molecule has 1 amide bonds. The Balaban J connectivity index is 2.54. The van der Waals surface area contributed by atoms with Gasteiger partial charge in [0.1, 0.15) is 13.2 Å². The number of carbonyl (C=O) groups is 2. The molecule has 0 atom stereocenters. The van der Waals surface area contributed by atoms with Gasteiger partial charge in [-0.15, -0.1) is 0 Å². The monoisotopic (exact) mass is 309 g/mol. The van der Waals surface area contributed by atoms with Gasteiger partial charge in [0.05, 0.1) is 13.7 Å². The van der Waals surface area contributed by atoms with Crippen LogP contribution in [0.25, 0.3) is 0 Å². The van der Waals surface area contributed by atoms with E-state index in [9.17, 15) is 9.59 Å². The Kier molecular flexibility index (Phi) is 7.49. The summed E-state index contributed by atoms with van der Waals surface area (Å²) < 4.78 is 15.4. The Labute approximate surface area is 128 Å². The minimum absolute atomic E-state index is 0.121. The predicted molar refractivity (Wildman–Crippen MR) is 79.5 cm³/mol. The first-order valence-corrected chi connectivity index (χ1v) is 6.58. The molecule has 2 N–H and O–H groups in total. The number of methoxy groups -OCH3 is 1. The number of amides is 1. The third-order valence-corrected chi connectivity index (χ3v) is 2.54. The fourth-order valence-electron chi connectivity index (χ4n) is 1.58. The highest BCUT2D eigenvalue weighted by atomic mass is 16.5. The second-order valence-corrected chi connectivity index (χ2v) is 4.17. The summed E-state index contributed by atoms with van der Waals surface area (Å²) >= 11 is 0. The SMILES string of the molecule is C=CCOc1ccc(C(=O)NCCOCC(=O)O)cc1OC. The van der Waals surface area contributed by atoms with Crippen LogP contribution in [0.2, 0.25) is 0 Å². The van der Waals surface area contributed by atoms with Crippen molar-refractivity contribution in [1.82, 2.24) is 5.32 Å². The van der Waals surface area contributed by atoms with Crippen molar-refractivity contribution in [2.24, 2.45) is 0 Å². The van der Waals surface area contributed by atoms with Crippen LogP contribution in [-0.4, -0.2) is 50.5 Å². The maximum Gasteiger partial charge on any atom is 0.329 e. The lowest BCUT2D eigenvalue weighted by Gasteiger charge is -2.11. The smallest absolute Gasteiger partial charge is 0.329 e. The van der Waals surface area contributed by atoms with Crippen molar-refractivity contribution in [3.63, 3.8) is 0 Å². The lowest BCUT2D eigenvalue weighted by atomic mass is 10.2. The van der Waals surface area contributed by atoms with Gasteiger partial charge in [-0.2, -0.15) is 0 Å². The maximum absolute atomic E-state index is 11.9. The van der Waals surface area contributed by atoms with Gasteiger partial charge in [-0.05, 0) is 18.2 Å². The molecule has 1 aromatic carbocycles. The molecule has 0 unspecified atom stereocenters. The van der Waals surface area contributed by atoms with Gasteiger partial charge in [-0.3, -0.25) is 4.79 Å². The van der Waals surface area contributed by atoms with E-state index in [1.54, 1.807) is 24.3 Å². The lowest BCUT2D eigenvalue weighted by molar-refractivity contribution is -0.142. The minimum atomic E-state index is -1.05. The third kappa shape index (κ3) is 5.84. The molecule has 0 saturated heterocycles. The van der Waals surface area contributed by atoms with Gasteiger partial charge in [0.2, 0.25) is 0 Å². The summed E-state index contributed by atoms with van der Waals surface area (Å²) in [5.41, 5.74) is 0.404. The summed E-state index contributed by atoms with van der Waals surface area (Å²) in [5.74, 6) is -0.404. The van der Waals surface area contributed by atoms with Gasteiger partial charge in [0.15, 0.2) is 11.5 Å². The van der Waals surface area contributed by atoms with Gasteiger partial charge in [-0.25, -0.2) is 4.79 Å². The summed E-state index contributed by atoms with van der Waals surface area (Å²) in [6.07, 6.45) is 1.61. The first-order valence-electron chi connectivity index (χ1n) is 6.58. The van der Waals surface area contributed by atoms with E-state index in [1.807, 2.05) is 0 Å². The van der Waals surface area contributed by atoms with E-state index < -0.39 is 5.97 Å². The Hall–Kier alpha value is -2.54. The minimum Gasteiger partial charge on any atom is -0.493 e. The lowest BCUT2D eigenvalue weighted by Crippen LogP contribution is -2.27. The molecule has 1 aromatic rings. The molecule has 0 heterocycles. The fourth-order valence-corrected chi connectivity index (χ4v) is 1.58. The average Bonchev–Trinajstić information content (AvgIpc) is 2.51. The summed E-state index contributed by atoms with van der Waals surface area (Å²) in [4.78, 5) is 22.2. The number of carbonyl (C=O) groups excluding carboxylic acids is 1. The Morgan fingerprint density at radius 1 is 1.36 bits per heavy atom. The molecule has 0 aromatic heterocycles. The third-order valence-electron chi connectivity index (χ3n) is 2.54.